The van der Waals surface area contributed by atoms with Crippen LogP contribution in [-0.2, 0) is 4.74 Å². The van der Waals surface area contributed by atoms with Crippen molar-refractivity contribution in [3.05, 3.63) is 71.7 Å². The van der Waals surface area contributed by atoms with Gasteiger partial charge in [0.15, 0.2) is 6.10 Å². The first-order valence-corrected chi connectivity index (χ1v) is 8.57. The minimum absolute atomic E-state index is 0.276. The van der Waals surface area contributed by atoms with Crippen LogP contribution in [0.3, 0.4) is 0 Å². The zero-order valence-electron chi connectivity index (χ0n) is 14.9. The Morgan fingerprint density at radius 2 is 1.89 bits per heavy atom. The monoisotopic (exact) mass is 359 g/mol. The van der Waals surface area contributed by atoms with Gasteiger partial charge in [-0.15, -0.1) is 0 Å². The summed E-state index contributed by atoms with van der Waals surface area (Å²) in [6, 6.07) is 10.7. The standard InChI is InChI=1S/C21H17N3O3/c1-12-9-15(10-14-5-3-7-22-18(12)14)21(26)27-13(2)19(25)17-11-24-20-16(17)6-4-8-23-20/h3-11,13H,1-2H3,(H,23,24). The Kier molecular flexibility index (Phi) is 4.16. The lowest BCUT2D eigenvalue weighted by Gasteiger charge is -2.13. The highest BCUT2D eigenvalue weighted by Gasteiger charge is 2.23. The quantitative estimate of drug-likeness (QED) is 0.442. The molecule has 0 saturated carbocycles. The molecule has 0 aliphatic rings. The van der Waals surface area contributed by atoms with Gasteiger partial charge in [0.1, 0.15) is 5.65 Å². The molecular formula is C21H17N3O3. The van der Waals surface area contributed by atoms with Gasteiger partial charge in [-0.05, 0) is 49.7 Å². The normalized spacial score (nSPS) is 12.2. The van der Waals surface area contributed by atoms with E-state index in [4.69, 9.17) is 4.74 Å². The molecule has 0 bridgehead atoms. The number of ether oxygens (including phenoxy) is 1. The number of rotatable bonds is 4. The third kappa shape index (κ3) is 3.06. The molecule has 134 valence electrons. The summed E-state index contributed by atoms with van der Waals surface area (Å²) in [7, 11) is 0. The number of carbonyl (C=O) groups excluding carboxylic acids is 2. The van der Waals surface area contributed by atoms with Crippen LogP contribution < -0.4 is 0 Å². The number of aryl methyl sites for hydroxylation is 1. The summed E-state index contributed by atoms with van der Waals surface area (Å²) in [4.78, 5) is 36.7. The number of benzene rings is 1. The molecule has 0 aliphatic heterocycles. The number of ketones is 1. The number of fused-ring (bicyclic) bond motifs is 2. The lowest BCUT2D eigenvalue weighted by Crippen LogP contribution is -2.24. The first-order valence-electron chi connectivity index (χ1n) is 8.57. The number of aromatic amines is 1. The second kappa shape index (κ2) is 6.64. The summed E-state index contributed by atoms with van der Waals surface area (Å²) in [5.41, 5.74) is 3.19. The fraction of sp³-hybridized carbons (Fsp3) is 0.143. The van der Waals surface area contributed by atoms with Crippen LogP contribution in [0.25, 0.3) is 21.9 Å². The first-order chi connectivity index (χ1) is 13.0. The van der Waals surface area contributed by atoms with Crippen molar-refractivity contribution >= 4 is 33.7 Å². The maximum Gasteiger partial charge on any atom is 0.338 e. The van der Waals surface area contributed by atoms with E-state index in [9.17, 15) is 9.59 Å². The van der Waals surface area contributed by atoms with Gasteiger partial charge in [0.05, 0.1) is 11.1 Å². The molecule has 0 amide bonds. The Hall–Kier alpha value is -3.54. The number of esters is 1. The van der Waals surface area contributed by atoms with E-state index < -0.39 is 12.1 Å². The van der Waals surface area contributed by atoms with Crippen LogP contribution in [0.4, 0.5) is 0 Å². The van der Waals surface area contributed by atoms with Crippen molar-refractivity contribution in [1.29, 1.82) is 0 Å². The summed E-state index contributed by atoms with van der Waals surface area (Å²) in [6.45, 7) is 3.46. The Labute approximate surface area is 155 Å². The van der Waals surface area contributed by atoms with E-state index in [0.29, 0.717) is 22.2 Å². The average molecular weight is 359 g/mol. The number of Topliss-reactive ketones (excluding diaryl/α,β-unsaturated/α-hetero) is 1. The number of carbonyl (C=O) groups is 2. The molecule has 4 rings (SSSR count). The largest absolute Gasteiger partial charge is 0.451 e. The molecule has 1 aromatic carbocycles. The third-order valence-electron chi connectivity index (χ3n) is 4.50. The van der Waals surface area contributed by atoms with E-state index in [1.54, 1.807) is 49.8 Å². The SMILES string of the molecule is Cc1cc(C(=O)OC(C)C(=O)c2c[nH]c3ncccc23)cc2cccnc12. The van der Waals surface area contributed by atoms with Crippen molar-refractivity contribution in [3.63, 3.8) is 0 Å². The van der Waals surface area contributed by atoms with Gasteiger partial charge in [-0.3, -0.25) is 9.78 Å². The Bertz CT molecular complexity index is 1180. The van der Waals surface area contributed by atoms with Crippen LogP contribution in [-0.4, -0.2) is 32.8 Å². The number of H-pyrrole nitrogens is 1. The van der Waals surface area contributed by atoms with E-state index in [-0.39, 0.29) is 5.78 Å². The van der Waals surface area contributed by atoms with Crippen molar-refractivity contribution in [1.82, 2.24) is 15.0 Å². The predicted molar refractivity (Wildman–Crippen MR) is 102 cm³/mol. The van der Waals surface area contributed by atoms with E-state index in [0.717, 1.165) is 16.5 Å². The molecule has 6 nitrogen and oxygen atoms in total. The summed E-state index contributed by atoms with van der Waals surface area (Å²) in [5.74, 6) is -0.815. The fourth-order valence-corrected chi connectivity index (χ4v) is 3.15. The Morgan fingerprint density at radius 3 is 2.74 bits per heavy atom. The minimum Gasteiger partial charge on any atom is -0.451 e. The predicted octanol–water partition coefficient (Wildman–Crippen LogP) is 3.85. The molecule has 0 aliphatic carbocycles. The molecule has 0 fully saturated rings. The molecule has 0 radical (unpaired) electrons. The molecule has 4 aromatic rings. The first kappa shape index (κ1) is 16.9. The van der Waals surface area contributed by atoms with Gasteiger partial charge in [-0.25, -0.2) is 9.78 Å². The van der Waals surface area contributed by atoms with Crippen molar-refractivity contribution in [2.75, 3.05) is 0 Å². The van der Waals surface area contributed by atoms with Crippen LogP contribution in [0.1, 0.15) is 33.2 Å². The van der Waals surface area contributed by atoms with Crippen LogP contribution in [0.15, 0.2) is 55.0 Å². The average Bonchev–Trinajstić information content (AvgIpc) is 3.11. The zero-order chi connectivity index (χ0) is 19.0. The number of nitrogens with one attached hydrogen (secondary N) is 1. The zero-order valence-corrected chi connectivity index (χ0v) is 14.9. The molecule has 1 atom stereocenters. The second-order valence-corrected chi connectivity index (χ2v) is 6.38. The fourth-order valence-electron chi connectivity index (χ4n) is 3.15. The van der Waals surface area contributed by atoms with Gasteiger partial charge in [-0.2, -0.15) is 0 Å². The van der Waals surface area contributed by atoms with Crippen LogP contribution >= 0.6 is 0 Å². The summed E-state index contributed by atoms with van der Waals surface area (Å²) < 4.78 is 5.43. The lowest BCUT2D eigenvalue weighted by molar-refractivity contribution is 0.0319. The van der Waals surface area contributed by atoms with Crippen molar-refractivity contribution in [2.45, 2.75) is 20.0 Å². The number of hydrogen-bond donors (Lipinski definition) is 1. The molecule has 3 heterocycles. The highest BCUT2D eigenvalue weighted by molar-refractivity contribution is 6.10. The third-order valence-corrected chi connectivity index (χ3v) is 4.50. The number of pyridine rings is 2. The molecule has 0 saturated heterocycles. The summed E-state index contributed by atoms with van der Waals surface area (Å²) in [5, 5.41) is 1.56. The van der Waals surface area contributed by atoms with Crippen LogP contribution in [0.2, 0.25) is 0 Å². The van der Waals surface area contributed by atoms with Crippen LogP contribution in [0.5, 0.6) is 0 Å². The molecule has 0 spiro atoms. The van der Waals surface area contributed by atoms with Gasteiger partial charge in [0, 0.05) is 34.9 Å². The van der Waals surface area contributed by atoms with Gasteiger partial charge < -0.3 is 9.72 Å². The number of hydrogen-bond acceptors (Lipinski definition) is 5. The number of nitrogens with zero attached hydrogens (tertiary/aromatic N) is 2. The van der Waals surface area contributed by atoms with Crippen molar-refractivity contribution in [2.24, 2.45) is 0 Å². The lowest BCUT2D eigenvalue weighted by atomic mass is 10.1. The van der Waals surface area contributed by atoms with E-state index in [1.807, 2.05) is 19.1 Å². The molecular weight excluding hydrogens is 342 g/mol. The molecule has 1 unspecified atom stereocenters. The van der Waals surface area contributed by atoms with E-state index in [1.165, 1.54) is 0 Å². The Balaban J connectivity index is 1.58. The van der Waals surface area contributed by atoms with Gasteiger partial charge in [0.2, 0.25) is 5.78 Å². The molecule has 27 heavy (non-hydrogen) atoms. The molecule has 1 N–H and O–H groups in total. The van der Waals surface area contributed by atoms with E-state index >= 15 is 0 Å². The minimum atomic E-state index is -0.915. The maximum atomic E-state index is 12.7. The van der Waals surface area contributed by atoms with Gasteiger partial charge in [-0.1, -0.05) is 6.07 Å². The maximum absolute atomic E-state index is 12.7. The van der Waals surface area contributed by atoms with E-state index in [2.05, 4.69) is 15.0 Å². The van der Waals surface area contributed by atoms with Gasteiger partial charge >= 0.3 is 5.97 Å². The smallest absolute Gasteiger partial charge is 0.338 e. The highest BCUT2D eigenvalue weighted by atomic mass is 16.5. The highest BCUT2D eigenvalue weighted by Crippen LogP contribution is 2.21. The van der Waals surface area contributed by atoms with Crippen molar-refractivity contribution in [3.8, 4) is 0 Å². The summed E-state index contributed by atoms with van der Waals surface area (Å²) >= 11 is 0. The Morgan fingerprint density at radius 1 is 1.11 bits per heavy atom. The molecule has 6 heteroatoms. The van der Waals surface area contributed by atoms with Crippen molar-refractivity contribution < 1.29 is 14.3 Å². The molecule has 3 aromatic heterocycles. The second-order valence-electron chi connectivity index (χ2n) is 6.38. The van der Waals surface area contributed by atoms with Gasteiger partial charge in [0.25, 0.3) is 0 Å². The number of aromatic nitrogens is 3. The topological polar surface area (TPSA) is 84.9 Å². The van der Waals surface area contributed by atoms with Crippen LogP contribution in [0, 0.1) is 6.92 Å². The summed E-state index contributed by atoms with van der Waals surface area (Å²) in [6.07, 6.45) is 4.04.